The van der Waals surface area contributed by atoms with Gasteiger partial charge in [0, 0.05) is 31.2 Å². The molecule has 0 atom stereocenters. The molecule has 0 spiro atoms. The van der Waals surface area contributed by atoms with E-state index in [0.717, 1.165) is 25.9 Å². The van der Waals surface area contributed by atoms with Crippen LogP contribution >= 0.6 is 11.6 Å². The van der Waals surface area contributed by atoms with Gasteiger partial charge in [-0.05, 0) is 31.0 Å². The third-order valence-corrected chi connectivity index (χ3v) is 4.26. The monoisotopic (exact) mass is 348 g/mol. The maximum Gasteiger partial charge on any atom is 0.256 e. The summed E-state index contributed by atoms with van der Waals surface area (Å²) in [4.78, 5) is 22.6. The minimum Gasteiger partial charge on any atom is -0.339 e. The highest BCUT2D eigenvalue weighted by Gasteiger charge is 2.18. The van der Waals surface area contributed by atoms with Crippen molar-refractivity contribution in [2.24, 2.45) is 0 Å². The molecule has 126 valence electrons. The highest BCUT2D eigenvalue weighted by atomic mass is 35.5. The largest absolute Gasteiger partial charge is 0.339 e. The first-order valence-corrected chi connectivity index (χ1v) is 8.35. The van der Waals surface area contributed by atoms with Crippen molar-refractivity contribution in [3.63, 3.8) is 0 Å². The lowest BCUT2D eigenvalue weighted by molar-refractivity contribution is 0.0761. The number of halogens is 2. The van der Waals surface area contributed by atoms with Gasteiger partial charge in [-0.3, -0.25) is 4.79 Å². The Hall–Kier alpha value is -2.21. The van der Waals surface area contributed by atoms with Crippen molar-refractivity contribution >= 4 is 29.1 Å². The summed E-state index contributed by atoms with van der Waals surface area (Å²) in [5, 5.41) is 2.95. The van der Waals surface area contributed by atoms with Gasteiger partial charge in [0.15, 0.2) is 0 Å². The van der Waals surface area contributed by atoms with E-state index in [2.05, 4.69) is 15.3 Å². The van der Waals surface area contributed by atoms with Crippen LogP contribution in [0.3, 0.4) is 0 Å². The molecule has 0 unspecified atom stereocenters. The molecule has 7 heteroatoms. The number of aromatic nitrogens is 2. The smallest absolute Gasteiger partial charge is 0.256 e. The van der Waals surface area contributed by atoms with Gasteiger partial charge in [0.2, 0.25) is 5.95 Å². The molecule has 1 fully saturated rings. The second-order valence-corrected chi connectivity index (χ2v) is 6.16. The van der Waals surface area contributed by atoms with Crippen molar-refractivity contribution in [1.82, 2.24) is 14.9 Å². The third kappa shape index (κ3) is 4.00. The number of hydrogen-bond donors (Lipinski definition) is 1. The zero-order valence-corrected chi connectivity index (χ0v) is 13.9. The molecule has 2 aromatic rings. The fourth-order valence-corrected chi connectivity index (χ4v) is 2.84. The van der Waals surface area contributed by atoms with Crippen LogP contribution < -0.4 is 5.32 Å². The molecule has 24 heavy (non-hydrogen) atoms. The number of likely N-dealkylation sites (tertiary alicyclic amines) is 1. The molecule has 1 aromatic carbocycles. The molecule has 0 bridgehead atoms. The van der Waals surface area contributed by atoms with Gasteiger partial charge in [0.05, 0.1) is 10.6 Å². The molecular weight excluding hydrogens is 331 g/mol. The molecule has 1 aliphatic heterocycles. The summed E-state index contributed by atoms with van der Waals surface area (Å²) in [5.41, 5.74) is 1.05. The second kappa shape index (κ2) is 7.57. The summed E-state index contributed by atoms with van der Waals surface area (Å²) in [6, 6.07) is 4.26. The molecule has 1 aliphatic rings. The molecule has 0 saturated carbocycles. The van der Waals surface area contributed by atoms with E-state index in [4.69, 9.17) is 11.6 Å². The summed E-state index contributed by atoms with van der Waals surface area (Å²) in [5.74, 6) is -0.195. The Labute approximate surface area is 144 Å². The van der Waals surface area contributed by atoms with Crippen LogP contribution in [-0.2, 0) is 0 Å². The van der Waals surface area contributed by atoms with Gasteiger partial charge in [-0.15, -0.1) is 0 Å². The normalized spacial score (nSPS) is 15.0. The van der Waals surface area contributed by atoms with Crippen LogP contribution in [0.1, 0.15) is 36.0 Å². The van der Waals surface area contributed by atoms with Crippen LogP contribution in [0.4, 0.5) is 16.0 Å². The van der Waals surface area contributed by atoms with Gasteiger partial charge in [0.1, 0.15) is 5.82 Å². The molecule has 1 amide bonds. The number of nitrogens with zero attached hydrogens (tertiary/aromatic N) is 3. The first kappa shape index (κ1) is 16.6. The molecule has 1 aromatic heterocycles. The van der Waals surface area contributed by atoms with Crippen molar-refractivity contribution in [2.75, 3.05) is 18.4 Å². The van der Waals surface area contributed by atoms with E-state index in [1.165, 1.54) is 37.4 Å². The number of amides is 1. The molecule has 0 aliphatic carbocycles. The Morgan fingerprint density at radius 3 is 2.42 bits per heavy atom. The maximum atomic E-state index is 13.2. The van der Waals surface area contributed by atoms with Crippen molar-refractivity contribution in [2.45, 2.75) is 25.7 Å². The number of carbonyl (C=O) groups excluding carboxylic acids is 1. The van der Waals surface area contributed by atoms with E-state index in [-0.39, 0.29) is 10.9 Å². The topological polar surface area (TPSA) is 58.1 Å². The van der Waals surface area contributed by atoms with Crippen LogP contribution in [0.5, 0.6) is 0 Å². The Balaban J connectivity index is 1.68. The van der Waals surface area contributed by atoms with Crippen molar-refractivity contribution < 1.29 is 9.18 Å². The van der Waals surface area contributed by atoms with E-state index < -0.39 is 5.82 Å². The summed E-state index contributed by atoms with van der Waals surface area (Å²) >= 11 is 5.74. The Bertz CT molecular complexity index is 715. The number of carbonyl (C=O) groups is 1. The summed E-state index contributed by atoms with van der Waals surface area (Å²) in [6.07, 6.45) is 7.43. The zero-order chi connectivity index (χ0) is 16.9. The van der Waals surface area contributed by atoms with Crippen LogP contribution in [0.2, 0.25) is 5.02 Å². The lowest BCUT2D eigenvalue weighted by Crippen LogP contribution is -2.32. The second-order valence-electron chi connectivity index (χ2n) is 5.76. The molecule has 1 N–H and O–H groups in total. The molecule has 1 saturated heterocycles. The number of nitrogens with one attached hydrogen (secondary N) is 1. The molecule has 2 heterocycles. The first-order chi connectivity index (χ1) is 11.6. The predicted molar refractivity (Wildman–Crippen MR) is 91.1 cm³/mol. The lowest BCUT2D eigenvalue weighted by atomic mass is 10.2. The first-order valence-electron chi connectivity index (χ1n) is 7.97. The van der Waals surface area contributed by atoms with E-state index in [9.17, 15) is 9.18 Å². The van der Waals surface area contributed by atoms with E-state index in [1.807, 2.05) is 4.90 Å². The van der Waals surface area contributed by atoms with Gasteiger partial charge in [-0.25, -0.2) is 14.4 Å². The van der Waals surface area contributed by atoms with Gasteiger partial charge < -0.3 is 10.2 Å². The summed E-state index contributed by atoms with van der Waals surface area (Å²) in [7, 11) is 0. The minimum absolute atomic E-state index is 0.0213. The maximum absolute atomic E-state index is 13.2. The number of rotatable bonds is 3. The Morgan fingerprint density at radius 1 is 1.12 bits per heavy atom. The Kier molecular flexibility index (Phi) is 5.25. The lowest BCUT2D eigenvalue weighted by Gasteiger charge is -2.19. The summed E-state index contributed by atoms with van der Waals surface area (Å²) < 4.78 is 13.2. The predicted octanol–water partition coefficient (Wildman–Crippen LogP) is 4.03. The molecule has 5 nitrogen and oxygen atoms in total. The van der Waals surface area contributed by atoms with Gasteiger partial charge in [-0.2, -0.15) is 0 Å². The SMILES string of the molecule is O=C(c1cnc(Nc2ccc(F)c(Cl)c2)nc1)N1CCCCCC1. The van der Waals surface area contributed by atoms with Crippen molar-refractivity contribution in [3.05, 3.63) is 47.0 Å². The van der Waals surface area contributed by atoms with E-state index in [1.54, 1.807) is 6.07 Å². The zero-order valence-electron chi connectivity index (χ0n) is 13.1. The fraction of sp³-hybridized carbons (Fsp3) is 0.353. The summed E-state index contributed by atoms with van der Waals surface area (Å²) in [6.45, 7) is 1.57. The number of anilines is 2. The minimum atomic E-state index is -0.485. The fourth-order valence-electron chi connectivity index (χ4n) is 2.66. The van der Waals surface area contributed by atoms with E-state index in [0.29, 0.717) is 17.2 Å². The Morgan fingerprint density at radius 2 is 1.79 bits per heavy atom. The van der Waals surface area contributed by atoms with Crippen LogP contribution in [0.15, 0.2) is 30.6 Å². The van der Waals surface area contributed by atoms with Crippen LogP contribution in [0.25, 0.3) is 0 Å². The highest BCUT2D eigenvalue weighted by molar-refractivity contribution is 6.31. The van der Waals surface area contributed by atoms with Crippen molar-refractivity contribution in [3.8, 4) is 0 Å². The number of hydrogen-bond acceptors (Lipinski definition) is 4. The van der Waals surface area contributed by atoms with Crippen LogP contribution in [0, 0.1) is 5.82 Å². The molecule has 0 radical (unpaired) electrons. The van der Waals surface area contributed by atoms with Crippen molar-refractivity contribution in [1.29, 1.82) is 0 Å². The van der Waals surface area contributed by atoms with Gasteiger partial charge in [-0.1, -0.05) is 24.4 Å². The number of benzene rings is 1. The van der Waals surface area contributed by atoms with Crippen LogP contribution in [-0.4, -0.2) is 33.9 Å². The van der Waals surface area contributed by atoms with Gasteiger partial charge in [0.25, 0.3) is 5.91 Å². The average molecular weight is 349 g/mol. The molecular formula is C17H18ClFN4O. The van der Waals surface area contributed by atoms with E-state index >= 15 is 0 Å². The average Bonchev–Trinajstić information content (AvgIpc) is 2.88. The quantitative estimate of drug-likeness (QED) is 0.909. The van der Waals surface area contributed by atoms with Gasteiger partial charge >= 0.3 is 0 Å². The standard InChI is InChI=1S/C17H18ClFN4O/c18-14-9-13(5-6-15(14)19)22-17-20-10-12(11-21-17)16(24)23-7-3-1-2-4-8-23/h5-6,9-11H,1-4,7-8H2,(H,20,21,22). The molecule has 3 rings (SSSR count). The highest BCUT2D eigenvalue weighted by Crippen LogP contribution is 2.21. The third-order valence-electron chi connectivity index (χ3n) is 3.97.